The van der Waals surface area contributed by atoms with Crippen molar-refractivity contribution in [2.24, 2.45) is 4.99 Å². The zero-order valence-corrected chi connectivity index (χ0v) is 11.7. The van der Waals surface area contributed by atoms with Gasteiger partial charge < -0.3 is 10.8 Å². The fourth-order valence-corrected chi connectivity index (χ4v) is 1.86. The summed E-state index contributed by atoms with van der Waals surface area (Å²) in [7, 11) is 0. The van der Waals surface area contributed by atoms with Crippen LogP contribution < -0.4 is 5.73 Å². The molecule has 2 rings (SSSR count). The monoisotopic (exact) mass is 313 g/mol. The van der Waals surface area contributed by atoms with E-state index >= 15 is 0 Å². The smallest absolute Gasteiger partial charge is 0.390 e. The molecule has 0 amide bonds. The fourth-order valence-electron chi connectivity index (χ4n) is 1.86. The lowest BCUT2D eigenvalue weighted by Gasteiger charge is -2.08. The molecule has 9 heteroatoms. The van der Waals surface area contributed by atoms with Gasteiger partial charge in [-0.15, -0.1) is 0 Å². The van der Waals surface area contributed by atoms with Crippen molar-refractivity contribution in [3.63, 3.8) is 0 Å². The van der Waals surface area contributed by atoms with Crippen LogP contribution in [0.4, 0.5) is 24.9 Å². The summed E-state index contributed by atoms with van der Waals surface area (Å²) < 4.78 is 38.1. The first-order chi connectivity index (χ1) is 10.3. The highest BCUT2D eigenvalue weighted by Gasteiger charge is 2.31. The van der Waals surface area contributed by atoms with Gasteiger partial charge in [-0.3, -0.25) is 0 Å². The van der Waals surface area contributed by atoms with Gasteiger partial charge >= 0.3 is 6.18 Å². The van der Waals surface area contributed by atoms with Crippen molar-refractivity contribution in [1.82, 2.24) is 15.0 Å². The van der Waals surface area contributed by atoms with Crippen molar-refractivity contribution in [3.05, 3.63) is 17.8 Å². The molecule has 0 atom stereocenters. The predicted molar refractivity (Wildman–Crippen MR) is 75.8 cm³/mol. The van der Waals surface area contributed by atoms with Gasteiger partial charge in [0.25, 0.3) is 0 Å². The molecule has 0 saturated heterocycles. The van der Waals surface area contributed by atoms with Crippen LogP contribution in [0.5, 0.6) is 0 Å². The Hall–Kier alpha value is -2.29. The summed E-state index contributed by atoms with van der Waals surface area (Å²) in [6.07, 6.45) is -2.55. The number of fused-ring (bicyclic) bond motifs is 1. The minimum Gasteiger partial charge on any atom is -0.390 e. The number of nitrogen functional groups attached to an aromatic ring is 1. The van der Waals surface area contributed by atoms with E-state index < -0.39 is 11.7 Å². The third kappa shape index (κ3) is 3.48. The second kappa shape index (κ2) is 6.22. The van der Waals surface area contributed by atoms with Crippen molar-refractivity contribution in [2.45, 2.75) is 25.9 Å². The highest BCUT2D eigenvalue weighted by Crippen LogP contribution is 2.31. The zero-order chi connectivity index (χ0) is 16.3. The Morgan fingerprint density at radius 2 is 2.09 bits per heavy atom. The number of hydrogen-bond acceptors (Lipinski definition) is 6. The third-order valence-corrected chi connectivity index (χ3v) is 2.85. The van der Waals surface area contributed by atoms with Gasteiger partial charge in [-0.1, -0.05) is 13.3 Å². The highest BCUT2D eigenvalue weighted by atomic mass is 19.4. The Labute approximate surface area is 123 Å². The van der Waals surface area contributed by atoms with E-state index in [1.165, 1.54) is 0 Å². The van der Waals surface area contributed by atoms with E-state index in [2.05, 4.69) is 19.9 Å². The largest absolute Gasteiger partial charge is 0.417 e. The molecule has 0 fully saturated rings. The summed E-state index contributed by atoms with van der Waals surface area (Å²) in [5.74, 6) is -0.158. The van der Waals surface area contributed by atoms with Gasteiger partial charge in [0.15, 0.2) is 5.82 Å². The number of rotatable bonds is 4. The van der Waals surface area contributed by atoms with Gasteiger partial charge in [-0.2, -0.15) is 18.2 Å². The Morgan fingerprint density at radius 3 is 2.68 bits per heavy atom. The van der Waals surface area contributed by atoms with Crippen LogP contribution in [-0.4, -0.2) is 32.4 Å². The molecule has 2 aromatic heterocycles. The molecule has 0 aromatic carbocycles. The number of nitrogens with zero attached hydrogens (tertiary/aromatic N) is 4. The number of anilines is 1. The quantitative estimate of drug-likeness (QED) is 0.845. The van der Waals surface area contributed by atoms with E-state index in [4.69, 9.17) is 5.73 Å². The average Bonchev–Trinajstić information content (AvgIpc) is 2.44. The van der Waals surface area contributed by atoms with E-state index in [9.17, 15) is 18.3 Å². The maximum Gasteiger partial charge on any atom is 0.417 e. The maximum atomic E-state index is 12.7. The number of halogens is 3. The first-order valence-electron chi connectivity index (χ1n) is 6.53. The summed E-state index contributed by atoms with van der Waals surface area (Å²) in [5, 5.41) is 9.24. The zero-order valence-electron chi connectivity index (χ0n) is 11.7. The molecule has 22 heavy (non-hydrogen) atoms. The molecule has 0 radical (unpaired) electrons. The number of aliphatic hydroxyl groups is 1. The number of alkyl halides is 3. The van der Waals surface area contributed by atoms with Crippen molar-refractivity contribution < 1.29 is 18.3 Å². The van der Waals surface area contributed by atoms with E-state index in [-0.39, 0.29) is 29.4 Å². The van der Waals surface area contributed by atoms with E-state index in [0.717, 1.165) is 12.5 Å². The van der Waals surface area contributed by atoms with Gasteiger partial charge in [0.1, 0.15) is 5.52 Å². The van der Waals surface area contributed by atoms with Gasteiger partial charge in [0, 0.05) is 11.9 Å². The van der Waals surface area contributed by atoms with Gasteiger partial charge in [-0.05, 0) is 12.5 Å². The number of pyridine rings is 1. The number of hydrogen-bond donors (Lipinski definition) is 2. The minimum atomic E-state index is -4.52. The number of aromatic nitrogens is 3. The van der Waals surface area contributed by atoms with Crippen LogP contribution >= 0.6 is 0 Å². The van der Waals surface area contributed by atoms with Crippen molar-refractivity contribution in [2.75, 3.05) is 12.3 Å². The number of nitrogens with two attached hydrogens (primary N) is 1. The lowest BCUT2D eigenvalue weighted by Crippen LogP contribution is -2.07. The first-order valence-corrected chi connectivity index (χ1v) is 6.53. The molecule has 0 saturated carbocycles. The molecule has 0 aliphatic heterocycles. The Morgan fingerprint density at radius 1 is 1.36 bits per heavy atom. The van der Waals surface area contributed by atoms with Crippen LogP contribution in [0.25, 0.3) is 11.0 Å². The van der Waals surface area contributed by atoms with Crippen LogP contribution in [0.3, 0.4) is 0 Å². The molecule has 0 spiro atoms. The molecular weight excluding hydrogens is 299 g/mol. The summed E-state index contributed by atoms with van der Waals surface area (Å²) in [5.41, 5.74) is 5.09. The molecule has 6 nitrogen and oxygen atoms in total. The van der Waals surface area contributed by atoms with E-state index in [0.29, 0.717) is 18.3 Å². The predicted octanol–water partition coefficient (Wildman–Crippen LogP) is 2.49. The summed E-state index contributed by atoms with van der Waals surface area (Å²) >= 11 is 0. The number of aliphatic imine (C=N–C) groups is 1. The number of aliphatic hydroxyl groups excluding tert-OH is 1. The van der Waals surface area contributed by atoms with Crippen LogP contribution in [-0.2, 0) is 6.18 Å². The topological polar surface area (TPSA) is 97.3 Å². The summed E-state index contributed by atoms with van der Waals surface area (Å²) in [4.78, 5) is 15.5. The van der Waals surface area contributed by atoms with Crippen LogP contribution in [0.15, 0.2) is 17.3 Å². The molecule has 0 aliphatic rings. The Balaban J connectivity index is 2.61. The normalized spacial score (nSPS) is 12.9. The molecule has 118 valence electrons. The Kier molecular flexibility index (Phi) is 4.55. The standard InChI is InChI=1S/C13H14F3N5O/c1-2-3-8(6-22)19-11-10-9(20-12(17)21-11)4-7(5-18-10)13(14,15)16/h4-5,22H,2-3,6H2,1H3,(H2,17,20,21). The lowest BCUT2D eigenvalue weighted by molar-refractivity contribution is -0.137. The van der Waals surface area contributed by atoms with Crippen molar-refractivity contribution in [3.8, 4) is 0 Å². The molecule has 2 aromatic rings. The van der Waals surface area contributed by atoms with Gasteiger partial charge in [0.05, 0.1) is 17.7 Å². The second-order valence-electron chi connectivity index (χ2n) is 4.58. The SMILES string of the molecule is CCCC(CO)=Nc1nc(N)nc2cc(C(F)(F)F)cnc12. The molecule has 3 N–H and O–H groups in total. The maximum absolute atomic E-state index is 12.7. The lowest BCUT2D eigenvalue weighted by atomic mass is 10.2. The van der Waals surface area contributed by atoms with Crippen molar-refractivity contribution >= 4 is 28.5 Å². The first kappa shape index (κ1) is 16.1. The average molecular weight is 313 g/mol. The van der Waals surface area contributed by atoms with Crippen LogP contribution in [0, 0.1) is 0 Å². The van der Waals surface area contributed by atoms with Crippen molar-refractivity contribution in [1.29, 1.82) is 0 Å². The molecule has 0 unspecified atom stereocenters. The molecule has 0 aliphatic carbocycles. The van der Waals surface area contributed by atoms with Gasteiger partial charge in [0.2, 0.25) is 5.95 Å². The molecule has 2 heterocycles. The fraction of sp³-hybridized carbons (Fsp3) is 0.385. The summed E-state index contributed by atoms with van der Waals surface area (Å²) in [6.45, 7) is 1.63. The van der Waals surface area contributed by atoms with Crippen LogP contribution in [0.1, 0.15) is 25.3 Å². The molecular formula is C13H14F3N5O. The second-order valence-corrected chi connectivity index (χ2v) is 4.58. The Bertz CT molecular complexity index is 715. The third-order valence-electron chi connectivity index (χ3n) is 2.85. The highest BCUT2D eigenvalue weighted by molar-refractivity contribution is 5.92. The van der Waals surface area contributed by atoms with Gasteiger partial charge in [-0.25, -0.2) is 15.0 Å². The van der Waals surface area contributed by atoms with Crippen LogP contribution in [0.2, 0.25) is 0 Å². The summed E-state index contributed by atoms with van der Waals surface area (Å²) in [6, 6.07) is 0.845. The van der Waals surface area contributed by atoms with E-state index in [1.807, 2.05) is 6.92 Å². The minimum absolute atomic E-state index is 0.0464. The molecule has 0 bridgehead atoms. The van der Waals surface area contributed by atoms with E-state index in [1.54, 1.807) is 0 Å².